The van der Waals surface area contributed by atoms with Crippen LogP contribution < -0.4 is 10.2 Å². The van der Waals surface area contributed by atoms with Crippen LogP contribution in [0.4, 0.5) is 11.4 Å². The fraction of sp³-hybridized carbons (Fsp3) is 0.294. The van der Waals surface area contributed by atoms with Crippen molar-refractivity contribution in [1.29, 1.82) is 0 Å². The molecule has 0 saturated heterocycles. The van der Waals surface area contributed by atoms with Gasteiger partial charge >= 0.3 is 0 Å². The van der Waals surface area contributed by atoms with Gasteiger partial charge in [0, 0.05) is 37.0 Å². The Morgan fingerprint density at radius 3 is 2.43 bits per heavy atom. The minimum atomic E-state index is -0.564. The van der Waals surface area contributed by atoms with Crippen molar-refractivity contribution < 1.29 is 5.11 Å². The Morgan fingerprint density at radius 2 is 1.81 bits per heavy atom. The van der Waals surface area contributed by atoms with E-state index >= 15 is 0 Å². The summed E-state index contributed by atoms with van der Waals surface area (Å²) < 4.78 is 0. The van der Waals surface area contributed by atoms with Crippen LogP contribution in [0, 0.1) is 6.92 Å². The largest absolute Gasteiger partial charge is 0.387 e. The van der Waals surface area contributed by atoms with E-state index in [9.17, 15) is 5.11 Å². The third kappa shape index (κ3) is 4.13. The standard InChI is InChI=1S/C17H21ClN2O/c1-12-4-9-15(10-16(12)20(2)3)19-11-17(21)13-5-7-14(18)8-6-13/h4-10,17,19,21H,11H2,1-3H3. The van der Waals surface area contributed by atoms with E-state index in [0.717, 1.165) is 11.3 Å². The van der Waals surface area contributed by atoms with Gasteiger partial charge in [-0.2, -0.15) is 0 Å². The van der Waals surface area contributed by atoms with Crippen LogP contribution in [0.3, 0.4) is 0 Å². The number of aliphatic hydroxyl groups is 1. The summed E-state index contributed by atoms with van der Waals surface area (Å²) >= 11 is 5.85. The minimum absolute atomic E-state index is 0.456. The maximum Gasteiger partial charge on any atom is 0.0962 e. The number of halogens is 1. The third-order valence-electron chi connectivity index (χ3n) is 3.45. The Kier molecular flexibility index (Phi) is 5.10. The number of hydrogen-bond acceptors (Lipinski definition) is 3. The van der Waals surface area contributed by atoms with Gasteiger partial charge in [0.2, 0.25) is 0 Å². The van der Waals surface area contributed by atoms with Gasteiger partial charge in [-0.1, -0.05) is 29.8 Å². The van der Waals surface area contributed by atoms with Crippen LogP contribution in [0.5, 0.6) is 0 Å². The fourth-order valence-corrected chi connectivity index (χ4v) is 2.34. The highest BCUT2D eigenvalue weighted by molar-refractivity contribution is 6.30. The first kappa shape index (κ1) is 15.7. The molecule has 2 aromatic carbocycles. The van der Waals surface area contributed by atoms with E-state index in [1.165, 1.54) is 11.3 Å². The molecular formula is C17H21ClN2O. The lowest BCUT2D eigenvalue weighted by Crippen LogP contribution is -2.14. The molecule has 2 aromatic rings. The second kappa shape index (κ2) is 6.83. The molecule has 2 N–H and O–H groups in total. The van der Waals surface area contributed by atoms with Crippen LogP contribution in [0.1, 0.15) is 17.2 Å². The zero-order valence-electron chi connectivity index (χ0n) is 12.6. The number of nitrogens with zero attached hydrogens (tertiary/aromatic N) is 1. The van der Waals surface area contributed by atoms with Crippen LogP contribution in [-0.4, -0.2) is 25.7 Å². The fourth-order valence-electron chi connectivity index (χ4n) is 2.22. The first-order valence-corrected chi connectivity index (χ1v) is 7.30. The molecule has 4 heteroatoms. The van der Waals surface area contributed by atoms with Crippen molar-refractivity contribution in [3.05, 3.63) is 58.6 Å². The van der Waals surface area contributed by atoms with Crippen LogP contribution in [0.15, 0.2) is 42.5 Å². The summed E-state index contributed by atoms with van der Waals surface area (Å²) in [5, 5.41) is 14.1. The maximum atomic E-state index is 10.2. The van der Waals surface area contributed by atoms with Crippen molar-refractivity contribution in [3.8, 4) is 0 Å². The minimum Gasteiger partial charge on any atom is -0.387 e. The number of aryl methyl sites for hydroxylation is 1. The molecule has 0 aliphatic heterocycles. The Hall–Kier alpha value is -1.71. The lowest BCUT2D eigenvalue weighted by atomic mass is 10.1. The van der Waals surface area contributed by atoms with Crippen LogP contribution in [-0.2, 0) is 0 Å². The third-order valence-corrected chi connectivity index (χ3v) is 3.70. The molecule has 0 spiro atoms. The number of hydrogen-bond donors (Lipinski definition) is 2. The van der Waals surface area contributed by atoms with E-state index in [4.69, 9.17) is 11.6 Å². The average molecular weight is 305 g/mol. The van der Waals surface area contributed by atoms with Gasteiger partial charge in [-0.05, 0) is 42.3 Å². The van der Waals surface area contributed by atoms with Gasteiger partial charge in [0.1, 0.15) is 0 Å². The summed E-state index contributed by atoms with van der Waals surface area (Å²) in [5.41, 5.74) is 4.24. The summed E-state index contributed by atoms with van der Waals surface area (Å²) in [7, 11) is 4.04. The van der Waals surface area contributed by atoms with E-state index in [1.54, 1.807) is 12.1 Å². The Morgan fingerprint density at radius 1 is 1.14 bits per heavy atom. The number of rotatable bonds is 5. The normalized spacial score (nSPS) is 12.0. The number of benzene rings is 2. The van der Waals surface area contributed by atoms with Crippen molar-refractivity contribution in [2.75, 3.05) is 30.9 Å². The summed E-state index contributed by atoms with van der Waals surface area (Å²) in [6.45, 7) is 2.54. The molecule has 1 atom stereocenters. The smallest absolute Gasteiger partial charge is 0.0962 e. The molecule has 0 aromatic heterocycles. The Bertz CT molecular complexity index is 596. The highest BCUT2D eigenvalue weighted by atomic mass is 35.5. The van der Waals surface area contributed by atoms with Crippen molar-refractivity contribution >= 4 is 23.0 Å². The van der Waals surface area contributed by atoms with Gasteiger partial charge in [0.25, 0.3) is 0 Å². The predicted molar refractivity (Wildman–Crippen MR) is 90.4 cm³/mol. The molecular weight excluding hydrogens is 284 g/mol. The highest BCUT2D eigenvalue weighted by Gasteiger charge is 2.08. The van der Waals surface area contributed by atoms with Crippen molar-refractivity contribution in [2.24, 2.45) is 0 Å². The first-order valence-electron chi connectivity index (χ1n) is 6.93. The Labute approximate surface area is 131 Å². The van der Waals surface area contributed by atoms with Crippen LogP contribution in [0.2, 0.25) is 5.02 Å². The van der Waals surface area contributed by atoms with Gasteiger partial charge in [0.15, 0.2) is 0 Å². The maximum absolute atomic E-state index is 10.2. The number of anilines is 2. The van der Waals surface area contributed by atoms with Crippen LogP contribution >= 0.6 is 11.6 Å². The monoisotopic (exact) mass is 304 g/mol. The summed E-state index contributed by atoms with van der Waals surface area (Å²) in [6.07, 6.45) is -0.564. The van der Waals surface area contributed by atoms with Gasteiger partial charge < -0.3 is 15.3 Å². The zero-order valence-corrected chi connectivity index (χ0v) is 13.4. The second-order valence-corrected chi connectivity index (χ2v) is 5.78. The highest BCUT2D eigenvalue weighted by Crippen LogP contribution is 2.23. The van der Waals surface area contributed by atoms with Gasteiger partial charge in [-0.15, -0.1) is 0 Å². The van der Waals surface area contributed by atoms with Gasteiger partial charge in [-0.25, -0.2) is 0 Å². The van der Waals surface area contributed by atoms with E-state index < -0.39 is 6.10 Å². The van der Waals surface area contributed by atoms with Crippen LogP contribution in [0.25, 0.3) is 0 Å². The molecule has 0 heterocycles. The second-order valence-electron chi connectivity index (χ2n) is 5.34. The van der Waals surface area contributed by atoms with E-state index in [1.807, 2.05) is 32.3 Å². The zero-order chi connectivity index (χ0) is 15.4. The SMILES string of the molecule is Cc1ccc(NCC(O)c2ccc(Cl)cc2)cc1N(C)C. The molecule has 112 valence electrons. The molecule has 3 nitrogen and oxygen atoms in total. The van der Waals surface area contributed by atoms with E-state index in [2.05, 4.69) is 29.3 Å². The lowest BCUT2D eigenvalue weighted by Gasteiger charge is -2.18. The topological polar surface area (TPSA) is 35.5 Å². The van der Waals surface area contributed by atoms with E-state index in [0.29, 0.717) is 11.6 Å². The molecule has 0 amide bonds. The van der Waals surface area contributed by atoms with Gasteiger partial charge in [0.05, 0.1) is 6.10 Å². The molecule has 0 aliphatic carbocycles. The van der Waals surface area contributed by atoms with Crippen molar-refractivity contribution in [3.63, 3.8) is 0 Å². The summed E-state index contributed by atoms with van der Waals surface area (Å²) in [5.74, 6) is 0. The van der Waals surface area contributed by atoms with Crippen molar-refractivity contribution in [2.45, 2.75) is 13.0 Å². The van der Waals surface area contributed by atoms with Gasteiger partial charge in [-0.3, -0.25) is 0 Å². The average Bonchev–Trinajstić information content (AvgIpc) is 2.46. The predicted octanol–water partition coefficient (Wildman–Crippen LogP) is 3.86. The van der Waals surface area contributed by atoms with E-state index in [-0.39, 0.29) is 0 Å². The molecule has 21 heavy (non-hydrogen) atoms. The molecule has 0 saturated carbocycles. The molecule has 0 bridgehead atoms. The quantitative estimate of drug-likeness (QED) is 0.880. The molecule has 0 aliphatic rings. The lowest BCUT2D eigenvalue weighted by molar-refractivity contribution is 0.191. The first-order chi connectivity index (χ1) is 9.97. The number of nitrogens with one attached hydrogen (secondary N) is 1. The molecule has 2 rings (SSSR count). The summed E-state index contributed by atoms with van der Waals surface area (Å²) in [6, 6.07) is 13.4. The molecule has 1 unspecified atom stereocenters. The summed E-state index contributed by atoms with van der Waals surface area (Å²) in [4.78, 5) is 2.08. The Balaban J connectivity index is 2.02. The molecule has 0 radical (unpaired) electrons. The van der Waals surface area contributed by atoms with Crippen molar-refractivity contribution in [1.82, 2.24) is 0 Å². The molecule has 0 fully saturated rings. The number of aliphatic hydroxyl groups excluding tert-OH is 1.